The highest BCUT2D eigenvalue weighted by Crippen LogP contribution is 2.43. The van der Waals surface area contributed by atoms with E-state index < -0.39 is 13.9 Å². The molecule has 1 unspecified atom stereocenters. The molecular formula is C21H26N2O3Si. The third-order valence-electron chi connectivity index (χ3n) is 4.62. The van der Waals surface area contributed by atoms with Crippen molar-refractivity contribution >= 4 is 19.7 Å². The maximum absolute atomic E-state index is 9.93. The Hall–Kier alpha value is -2.49. The largest absolute Gasteiger partial charge is 0.497 e. The van der Waals surface area contributed by atoms with Crippen molar-refractivity contribution in [3.63, 3.8) is 0 Å². The van der Waals surface area contributed by atoms with Crippen molar-refractivity contribution in [2.24, 2.45) is 0 Å². The van der Waals surface area contributed by atoms with Gasteiger partial charge in [-0.3, -0.25) is 0 Å². The minimum Gasteiger partial charge on any atom is -0.497 e. The molecule has 0 aliphatic carbocycles. The first-order chi connectivity index (χ1) is 12.8. The highest BCUT2D eigenvalue weighted by atomic mass is 28.4. The lowest BCUT2D eigenvalue weighted by Crippen LogP contribution is -2.42. The summed E-state index contributed by atoms with van der Waals surface area (Å²) in [7, 11) is 1.75. The minimum absolute atomic E-state index is 0.473. The predicted octanol–water partition coefficient (Wildman–Crippen LogP) is 4.82. The second-order valence-corrected chi connectivity index (χ2v) is 12.1. The van der Waals surface area contributed by atoms with Gasteiger partial charge in [-0.2, -0.15) is 5.26 Å². The molecule has 142 valence electrons. The van der Waals surface area contributed by atoms with Crippen LogP contribution in [0.2, 0.25) is 19.6 Å². The molecule has 0 amide bonds. The molecular weight excluding hydrogens is 356 g/mol. The number of nitrogens with zero attached hydrogens (tertiary/aromatic N) is 2. The lowest BCUT2D eigenvalue weighted by atomic mass is 9.89. The SMILES string of the molecule is COc1ccc(N(C)c2ccc3c(c2)OCCC3(C#N)O[Si](C)(C)C)cc1. The first kappa shape index (κ1) is 19.3. The van der Waals surface area contributed by atoms with Crippen LogP contribution in [0.4, 0.5) is 11.4 Å². The van der Waals surface area contributed by atoms with E-state index >= 15 is 0 Å². The third-order valence-corrected chi connectivity index (χ3v) is 5.58. The van der Waals surface area contributed by atoms with Crippen molar-refractivity contribution in [2.75, 3.05) is 25.7 Å². The molecule has 0 bridgehead atoms. The van der Waals surface area contributed by atoms with Crippen molar-refractivity contribution in [3.05, 3.63) is 48.0 Å². The van der Waals surface area contributed by atoms with Crippen molar-refractivity contribution < 1.29 is 13.9 Å². The molecule has 1 aliphatic heterocycles. The summed E-state index contributed by atoms with van der Waals surface area (Å²) in [5, 5.41) is 9.93. The smallest absolute Gasteiger partial charge is 0.186 e. The van der Waals surface area contributed by atoms with Gasteiger partial charge in [-0.05, 0) is 56.0 Å². The molecule has 3 rings (SSSR count). The molecule has 1 aliphatic rings. The van der Waals surface area contributed by atoms with Gasteiger partial charge in [0.2, 0.25) is 0 Å². The van der Waals surface area contributed by atoms with Crippen LogP contribution in [0.5, 0.6) is 11.5 Å². The summed E-state index contributed by atoms with van der Waals surface area (Å²) in [5.74, 6) is 1.54. The molecule has 0 aromatic heterocycles. The molecule has 0 saturated carbocycles. The quantitative estimate of drug-likeness (QED) is 0.694. The van der Waals surface area contributed by atoms with Gasteiger partial charge in [-0.15, -0.1) is 0 Å². The van der Waals surface area contributed by atoms with Gasteiger partial charge in [0.05, 0.1) is 13.7 Å². The zero-order chi connectivity index (χ0) is 19.7. The van der Waals surface area contributed by atoms with E-state index in [1.807, 2.05) is 49.5 Å². The summed E-state index contributed by atoms with van der Waals surface area (Å²) in [6.07, 6.45) is 0.550. The van der Waals surface area contributed by atoms with Crippen LogP contribution >= 0.6 is 0 Å². The predicted molar refractivity (Wildman–Crippen MR) is 109 cm³/mol. The standard InChI is InChI=1S/C21H26N2O3Si/c1-23(16-6-9-18(24-2)10-7-16)17-8-11-19-20(14-17)25-13-12-21(19,15-22)26-27(3,4)5/h6-11,14H,12-13H2,1-5H3. The van der Waals surface area contributed by atoms with Crippen molar-refractivity contribution in [1.29, 1.82) is 5.26 Å². The van der Waals surface area contributed by atoms with E-state index in [2.05, 4.69) is 30.6 Å². The van der Waals surface area contributed by atoms with Gasteiger partial charge < -0.3 is 18.8 Å². The second-order valence-electron chi connectivity index (χ2n) is 7.69. The fraction of sp³-hybridized carbons (Fsp3) is 0.381. The highest BCUT2D eigenvalue weighted by Gasteiger charge is 2.42. The molecule has 27 heavy (non-hydrogen) atoms. The van der Waals surface area contributed by atoms with Crippen LogP contribution < -0.4 is 14.4 Å². The Balaban J connectivity index is 1.95. The van der Waals surface area contributed by atoms with Gasteiger partial charge in [-0.1, -0.05) is 0 Å². The Morgan fingerprint density at radius 3 is 2.37 bits per heavy atom. The van der Waals surface area contributed by atoms with E-state index in [4.69, 9.17) is 13.9 Å². The van der Waals surface area contributed by atoms with E-state index in [1.165, 1.54) is 0 Å². The first-order valence-electron chi connectivity index (χ1n) is 9.04. The number of nitriles is 1. The van der Waals surface area contributed by atoms with Crippen LogP contribution in [-0.2, 0) is 10.0 Å². The van der Waals surface area contributed by atoms with Gasteiger partial charge >= 0.3 is 0 Å². The fourth-order valence-corrected chi connectivity index (χ4v) is 4.64. The number of ether oxygens (including phenoxy) is 2. The number of rotatable bonds is 5. The Bertz CT molecular complexity index is 855. The molecule has 0 radical (unpaired) electrons. The Kier molecular flexibility index (Phi) is 5.18. The zero-order valence-corrected chi connectivity index (χ0v) is 17.6. The van der Waals surface area contributed by atoms with Crippen molar-refractivity contribution in [1.82, 2.24) is 0 Å². The lowest BCUT2D eigenvalue weighted by molar-refractivity contribution is 0.0665. The maximum Gasteiger partial charge on any atom is 0.186 e. The summed E-state index contributed by atoms with van der Waals surface area (Å²) in [6.45, 7) is 6.79. The Morgan fingerprint density at radius 1 is 1.11 bits per heavy atom. The van der Waals surface area contributed by atoms with Crippen LogP contribution in [0.15, 0.2) is 42.5 Å². The number of benzene rings is 2. The summed E-state index contributed by atoms with van der Waals surface area (Å²) < 4.78 is 17.4. The molecule has 0 spiro atoms. The van der Waals surface area contributed by atoms with Gasteiger partial charge in [0, 0.05) is 36.5 Å². The number of hydrogen-bond acceptors (Lipinski definition) is 5. The van der Waals surface area contributed by atoms with E-state index in [9.17, 15) is 5.26 Å². The molecule has 5 nitrogen and oxygen atoms in total. The molecule has 0 saturated heterocycles. The highest BCUT2D eigenvalue weighted by molar-refractivity contribution is 6.69. The number of methoxy groups -OCH3 is 1. The third kappa shape index (κ3) is 3.94. The van der Waals surface area contributed by atoms with Crippen LogP contribution in [0.3, 0.4) is 0 Å². The lowest BCUT2D eigenvalue weighted by Gasteiger charge is -2.38. The first-order valence-corrected chi connectivity index (χ1v) is 12.5. The molecule has 6 heteroatoms. The molecule has 0 N–H and O–H groups in total. The Morgan fingerprint density at radius 2 is 1.78 bits per heavy atom. The van der Waals surface area contributed by atoms with Crippen LogP contribution in [0.25, 0.3) is 0 Å². The van der Waals surface area contributed by atoms with Gasteiger partial charge in [-0.25, -0.2) is 0 Å². The summed E-state index contributed by atoms with van der Waals surface area (Å²) in [6, 6.07) is 16.3. The number of anilines is 2. The van der Waals surface area contributed by atoms with Crippen LogP contribution in [0, 0.1) is 11.3 Å². The van der Waals surface area contributed by atoms with E-state index in [0.29, 0.717) is 13.0 Å². The molecule has 2 aromatic rings. The van der Waals surface area contributed by atoms with Crippen molar-refractivity contribution in [2.45, 2.75) is 31.7 Å². The summed E-state index contributed by atoms with van der Waals surface area (Å²) in [4.78, 5) is 2.07. The average molecular weight is 383 g/mol. The van der Waals surface area contributed by atoms with Crippen molar-refractivity contribution in [3.8, 4) is 17.6 Å². The van der Waals surface area contributed by atoms with E-state index in [1.54, 1.807) is 7.11 Å². The normalized spacial score (nSPS) is 18.8. The number of hydrogen-bond donors (Lipinski definition) is 0. The summed E-state index contributed by atoms with van der Waals surface area (Å²) in [5.41, 5.74) is 1.93. The van der Waals surface area contributed by atoms with E-state index in [-0.39, 0.29) is 0 Å². The molecule has 1 heterocycles. The maximum atomic E-state index is 9.93. The molecule has 2 aromatic carbocycles. The zero-order valence-electron chi connectivity index (χ0n) is 16.6. The van der Waals surface area contributed by atoms with Crippen LogP contribution in [0.1, 0.15) is 12.0 Å². The van der Waals surface area contributed by atoms with Gasteiger partial charge in [0.1, 0.15) is 17.6 Å². The second kappa shape index (κ2) is 7.26. The van der Waals surface area contributed by atoms with Crippen LogP contribution in [-0.4, -0.2) is 29.1 Å². The topological polar surface area (TPSA) is 54.7 Å². The molecule has 1 atom stereocenters. The van der Waals surface area contributed by atoms with Gasteiger partial charge in [0.25, 0.3) is 0 Å². The fourth-order valence-electron chi connectivity index (χ4n) is 3.33. The molecule has 0 fully saturated rings. The Labute approximate surface area is 162 Å². The number of fused-ring (bicyclic) bond motifs is 1. The summed E-state index contributed by atoms with van der Waals surface area (Å²) >= 11 is 0. The monoisotopic (exact) mass is 382 g/mol. The minimum atomic E-state index is -1.90. The van der Waals surface area contributed by atoms with E-state index in [0.717, 1.165) is 28.4 Å². The average Bonchev–Trinajstić information content (AvgIpc) is 2.66. The van der Waals surface area contributed by atoms with Gasteiger partial charge in [0.15, 0.2) is 13.9 Å².